The minimum Gasteiger partial charge on any atom is -0.466 e. The Kier molecular flexibility index (Phi) is 4.33. The number of pyridine rings is 1. The van der Waals surface area contributed by atoms with Crippen LogP contribution in [0.1, 0.15) is 23.7 Å². The summed E-state index contributed by atoms with van der Waals surface area (Å²) in [5.41, 5.74) is 0.765. The molecule has 1 aliphatic carbocycles. The average molecular weight is 330 g/mol. The van der Waals surface area contributed by atoms with Gasteiger partial charge in [0.15, 0.2) is 0 Å². The summed E-state index contributed by atoms with van der Waals surface area (Å²) in [6.45, 7) is 1.85. The Morgan fingerprint density at radius 3 is 2.79 bits per heavy atom. The van der Waals surface area contributed by atoms with Crippen molar-refractivity contribution in [3.63, 3.8) is 0 Å². The highest BCUT2D eigenvalue weighted by molar-refractivity contribution is 5.94. The Bertz CT molecular complexity index is 700. The van der Waals surface area contributed by atoms with Crippen molar-refractivity contribution in [3.8, 4) is 0 Å². The fourth-order valence-electron chi connectivity index (χ4n) is 3.48. The summed E-state index contributed by atoms with van der Waals surface area (Å²) in [4.78, 5) is 40.2. The molecule has 1 saturated carbocycles. The van der Waals surface area contributed by atoms with E-state index in [1.807, 2.05) is 6.92 Å². The molecule has 0 bridgehead atoms. The highest BCUT2D eigenvalue weighted by Crippen LogP contribution is 2.44. The van der Waals surface area contributed by atoms with Crippen LogP contribution < -0.4 is 5.32 Å². The predicted molar refractivity (Wildman–Crippen MR) is 82.4 cm³/mol. The van der Waals surface area contributed by atoms with Crippen molar-refractivity contribution in [1.82, 2.24) is 10.3 Å². The molecule has 7 nitrogen and oxygen atoms in total. The first-order valence-electron chi connectivity index (χ1n) is 7.72. The van der Waals surface area contributed by atoms with Gasteiger partial charge in [0.25, 0.3) is 0 Å². The monoisotopic (exact) mass is 330 g/mol. The largest absolute Gasteiger partial charge is 0.466 e. The van der Waals surface area contributed by atoms with E-state index in [9.17, 15) is 14.4 Å². The Labute approximate surface area is 139 Å². The van der Waals surface area contributed by atoms with E-state index in [-0.39, 0.29) is 17.7 Å². The second-order valence-electron chi connectivity index (χ2n) is 6.01. The van der Waals surface area contributed by atoms with E-state index >= 15 is 0 Å². The van der Waals surface area contributed by atoms with Crippen LogP contribution in [-0.2, 0) is 19.1 Å². The third kappa shape index (κ3) is 2.77. The van der Waals surface area contributed by atoms with Crippen molar-refractivity contribution < 1.29 is 23.9 Å². The van der Waals surface area contributed by atoms with Gasteiger partial charge < -0.3 is 14.8 Å². The number of methoxy groups -OCH3 is 1. The number of esters is 2. The van der Waals surface area contributed by atoms with Crippen LogP contribution in [0, 0.1) is 17.8 Å². The first-order valence-corrected chi connectivity index (χ1v) is 7.72. The Morgan fingerprint density at radius 1 is 1.33 bits per heavy atom. The van der Waals surface area contributed by atoms with Gasteiger partial charge in [-0.3, -0.25) is 9.78 Å². The number of hydrogen-bond acceptors (Lipinski definition) is 6. The van der Waals surface area contributed by atoms with Crippen LogP contribution in [-0.4, -0.2) is 36.0 Å². The molecule has 1 aromatic heterocycles. The van der Waals surface area contributed by atoms with Crippen LogP contribution in [0.15, 0.2) is 36.3 Å². The smallest absolute Gasteiger partial charge is 0.339 e. The van der Waals surface area contributed by atoms with Gasteiger partial charge in [-0.1, -0.05) is 6.92 Å². The van der Waals surface area contributed by atoms with Gasteiger partial charge in [-0.05, 0) is 18.6 Å². The molecular weight excluding hydrogens is 312 g/mol. The van der Waals surface area contributed by atoms with Crippen LogP contribution in [0.2, 0.25) is 0 Å². The van der Waals surface area contributed by atoms with Crippen LogP contribution >= 0.6 is 0 Å². The number of amides is 1. The highest BCUT2D eigenvalue weighted by Gasteiger charge is 2.50. The molecule has 0 aromatic carbocycles. The van der Waals surface area contributed by atoms with Gasteiger partial charge in [-0.25, -0.2) is 9.59 Å². The minimum atomic E-state index is -0.484. The van der Waals surface area contributed by atoms with E-state index in [0.29, 0.717) is 17.6 Å². The number of fused-ring (bicyclic) bond motifs is 1. The van der Waals surface area contributed by atoms with Crippen molar-refractivity contribution in [3.05, 3.63) is 41.9 Å². The number of hydrogen-bond donors (Lipinski definition) is 1. The molecule has 24 heavy (non-hydrogen) atoms. The summed E-state index contributed by atoms with van der Waals surface area (Å²) in [5.74, 6) is -2.06. The average Bonchev–Trinajstić information content (AvgIpc) is 2.92. The van der Waals surface area contributed by atoms with E-state index in [0.717, 1.165) is 0 Å². The predicted octanol–water partition coefficient (Wildman–Crippen LogP) is 1.07. The molecule has 1 amide bonds. The summed E-state index contributed by atoms with van der Waals surface area (Å²) in [6, 6.07) is 3.27. The second-order valence-corrected chi connectivity index (χ2v) is 6.01. The SMILES string of the molecule is COC(=O)C1=CNC(=O)[C@@H]2[C@@H](C)[C@@H](OC(=O)c3cccnc3)C[C@H]12. The van der Waals surface area contributed by atoms with E-state index in [2.05, 4.69) is 10.3 Å². The van der Waals surface area contributed by atoms with Crippen molar-refractivity contribution in [2.75, 3.05) is 7.11 Å². The highest BCUT2D eigenvalue weighted by atomic mass is 16.5. The van der Waals surface area contributed by atoms with Crippen LogP contribution in [0.4, 0.5) is 0 Å². The van der Waals surface area contributed by atoms with Gasteiger partial charge >= 0.3 is 11.9 Å². The van der Waals surface area contributed by atoms with E-state index < -0.39 is 24.0 Å². The number of carbonyl (C=O) groups excluding carboxylic acids is 3. The zero-order valence-electron chi connectivity index (χ0n) is 13.4. The van der Waals surface area contributed by atoms with Crippen molar-refractivity contribution in [2.24, 2.45) is 17.8 Å². The van der Waals surface area contributed by atoms with Gasteiger partial charge in [0, 0.05) is 30.4 Å². The lowest BCUT2D eigenvalue weighted by Gasteiger charge is -2.26. The Morgan fingerprint density at radius 2 is 2.12 bits per heavy atom. The van der Waals surface area contributed by atoms with Crippen LogP contribution in [0.3, 0.4) is 0 Å². The van der Waals surface area contributed by atoms with Gasteiger partial charge in [0.2, 0.25) is 5.91 Å². The standard InChI is InChI=1S/C17H18N2O5/c1-9-13(24-16(21)10-4-3-5-18-7-10)6-11-12(17(22)23-2)8-19-15(20)14(9)11/h3-5,7-9,11,13-14H,6H2,1-2H3,(H,19,20)/t9-,11+,13-,14+/m0/s1. The van der Waals surface area contributed by atoms with E-state index in [1.165, 1.54) is 19.5 Å². The quantitative estimate of drug-likeness (QED) is 0.833. The van der Waals surface area contributed by atoms with Crippen molar-refractivity contribution in [2.45, 2.75) is 19.4 Å². The molecule has 0 radical (unpaired) electrons. The number of aromatic nitrogens is 1. The molecule has 0 spiro atoms. The maximum absolute atomic E-state index is 12.2. The molecule has 4 atom stereocenters. The van der Waals surface area contributed by atoms with E-state index in [4.69, 9.17) is 9.47 Å². The zero-order valence-corrected chi connectivity index (χ0v) is 13.4. The molecule has 2 aliphatic rings. The summed E-state index contributed by atoms with van der Waals surface area (Å²) < 4.78 is 10.4. The summed E-state index contributed by atoms with van der Waals surface area (Å²) >= 11 is 0. The van der Waals surface area contributed by atoms with Crippen LogP contribution in [0.25, 0.3) is 0 Å². The van der Waals surface area contributed by atoms with Crippen molar-refractivity contribution >= 4 is 17.8 Å². The van der Waals surface area contributed by atoms with E-state index in [1.54, 1.807) is 18.3 Å². The normalized spacial score (nSPS) is 28.4. The molecule has 126 valence electrons. The molecule has 7 heteroatoms. The van der Waals surface area contributed by atoms with Gasteiger partial charge in [-0.2, -0.15) is 0 Å². The second kappa shape index (κ2) is 6.43. The number of nitrogens with zero attached hydrogens (tertiary/aromatic N) is 1. The van der Waals surface area contributed by atoms with Gasteiger partial charge in [0.1, 0.15) is 6.10 Å². The molecular formula is C17H18N2O5. The Balaban J connectivity index is 1.79. The third-order valence-electron chi connectivity index (χ3n) is 4.72. The summed E-state index contributed by atoms with van der Waals surface area (Å²) in [6.07, 6.45) is 4.35. The molecule has 1 N–H and O–H groups in total. The first kappa shape index (κ1) is 16.2. The Hall–Kier alpha value is -2.70. The molecule has 1 aromatic rings. The third-order valence-corrected chi connectivity index (χ3v) is 4.72. The molecule has 0 unspecified atom stereocenters. The summed E-state index contributed by atoms with van der Waals surface area (Å²) in [7, 11) is 1.30. The van der Waals surface area contributed by atoms with Crippen LogP contribution in [0.5, 0.6) is 0 Å². The maximum Gasteiger partial charge on any atom is 0.339 e. The molecule has 1 fully saturated rings. The molecule has 2 heterocycles. The lowest BCUT2D eigenvalue weighted by molar-refractivity contribution is -0.137. The lowest BCUT2D eigenvalue weighted by Crippen LogP contribution is -2.40. The molecule has 3 rings (SSSR count). The fraction of sp³-hybridized carbons (Fsp3) is 0.412. The number of rotatable bonds is 3. The molecule has 0 saturated heterocycles. The fourth-order valence-corrected chi connectivity index (χ4v) is 3.48. The minimum absolute atomic E-state index is 0.167. The lowest BCUT2D eigenvalue weighted by atomic mass is 9.82. The van der Waals surface area contributed by atoms with Gasteiger partial charge in [0.05, 0.1) is 24.2 Å². The first-order chi connectivity index (χ1) is 11.5. The number of ether oxygens (including phenoxy) is 2. The number of carbonyl (C=O) groups is 3. The summed E-state index contributed by atoms with van der Waals surface area (Å²) in [5, 5.41) is 2.60. The van der Waals surface area contributed by atoms with Crippen molar-refractivity contribution in [1.29, 1.82) is 0 Å². The molecule has 1 aliphatic heterocycles. The topological polar surface area (TPSA) is 94.6 Å². The van der Waals surface area contributed by atoms with Gasteiger partial charge in [-0.15, -0.1) is 0 Å². The zero-order chi connectivity index (χ0) is 17.3. The number of nitrogens with one attached hydrogen (secondary N) is 1. The maximum atomic E-state index is 12.2.